The number of nitrogens with two attached hydrogens (primary N) is 1. The van der Waals surface area contributed by atoms with Crippen molar-refractivity contribution >= 4 is 28.8 Å². The van der Waals surface area contributed by atoms with Gasteiger partial charge in [-0.1, -0.05) is 23.7 Å². The lowest BCUT2D eigenvalue weighted by molar-refractivity contribution is 0.0927. The first kappa shape index (κ1) is 15.5. The van der Waals surface area contributed by atoms with Gasteiger partial charge in [-0.25, -0.2) is 4.98 Å². The molecule has 4 nitrogen and oxygen atoms in total. The van der Waals surface area contributed by atoms with Gasteiger partial charge in [0, 0.05) is 16.8 Å². The van der Waals surface area contributed by atoms with E-state index in [1.165, 1.54) is 11.3 Å². The highest BCUT2D eigenvalue weighted by Crippen LogP contribution is 2.41. The number of aromatic nitrogens is 1. The lowest BCUT2D eigenvalue weighted by Crippen LogP contribution is -2.30. The molecule has 0 radical (unpaired) electrons. The maximum atomic E-state index is 12.4. The molecule has 3 rings (SSSR count). The summed E-state index contributed by atoms with van der Waals surface area (Å²) in [5, 5.41) is 6.52. The molecule has 0 aliphatic heterocycles. The Morgan fingerprint density at radius 3 is 2.77 bits per heavy atom. The molecule has 1 amide bonds. The van der Waals surface area contributed by atoms with Crippen LogP contribution in [0.5, 0.6) is 0 Å². The molecule has 22 heavy (non-hydrogen) atoms. The fourth-order valence-electron chi connectivity index (χ4n) is 2.44. The molecule has 1 atom stereocenters. The van der Waals surface area contributed by atoms with Crippen molar-refractivity contribution in [1.82, 2.24) is 10.3 Å². The summed E-state index contributed by atoms with van der Waals surface area (Å²) < 4.78 is 0. The summed E-state index contributed by atoms with van der Waals surface area (Å²) in [4.78, 5) is 16.8. The van der Waals surface area contributed by atoms with Crippen molar-refractivity contribution in [2.45, 2.75) is 25.3 Å². The van der Waals surface area contributed by atoms with Crippen LogP contribution in [-0.4, -0.2) is 17.4 Å². The highest BCUT2D eigenvalue weighted by atomic mass is 35.5. The Balaban J connectivity index is 1.72. The summed E-state index contributed by atoms with van der Waals surface area (Å²) in [5.41, 5.74) is 7.09. The van der Waals surface area contributed by atoms with E-state index in [1.54, 1.807) is 5.38 Å². The molecule has 3 N–H and O–H groups in total. The first-order valence-corrected chi connectivity index (χ1v) is 8.64. The molecule has 0 spiro atoms. The van der Waals surface area contributed by atoms with Gasteiger partial charge in [-0.2, -0.15) is 0 Å². The Morgan fingerprint density at radius 1 is 1.41 bits per heavy atom. The fourth-order valence-corrected chi connectivity index (χ4v) is 3.36. The summed E-state index contributed by atoms with van der Waals surface area (Å²) in [6.07, 6.45) is 2.99. The van der Waals surface area contributed by atoms with Crippen molar-refractivity contribution in [3.05, 3.63) is 50.9 Å². The minimum atomic E-state index is -0.119. The summed E-state index contributed by atoms with van der Waals surface area (Å²) in [6.45, 7) is 0.546. The summed E-state index contributed by atoms with van der Waals surface area (Å²) in [5.74, 6) is 0.388. The molecule has 1 aromatic heterocycles. The van der Waals surface area contributed by atoms with Crippen LogP contribution >= 0.6 is 22.9 Å². The number of halogens is 1. The maximum absolute atomic E-state index is 12.4. The molecule has 1 saturated carbocycles. The standard InChI is InChI=1S/C16H18ClN3OS/c17-12-5-3-11(4-6-12)15(10-1-2-10)20-16(21)13-9-22-14(19-13)7-8-18/h3-6,9-10,15H,1-2,7-8,18H2,(H,20,21). The normalized spacial score (nSPS) is 15.5. The van der Waals surface area contributed by atoms with Crippen molar-refractivity contribution < 1.29 is 4.79 Å². The Kier molecular flexibility index (Phi) is 4.76. The molecule has 1 heterocycles. The molecule has 1 unspecified atom stereocenters. The quantitative estimate of drug-likeness (QED) is 0.852. The van der Waals surface area contributed by atoms with Crippen LogP contribution in [0.1, 0.15) is 39.9 Å². The number of nitrogens with zero attached hydrogens (tertiary/aromatic N) is 1. The molecule has 1 fully saturated rings. The van der Waals surface area contributed by atoms with Crippen LogP contribution in [0.15, 0.2) is 29.6 Å². The predicted octanol–water partition coefficient (Wildman–Crippen LogP) is 3.18. The van der Waals surface area contributed by atoms with Crippen LogP contribution in [0.3, 0.4) is 0 Å². The van der Waals surface area contributed by atoms with Crippen LogP contribution in [0.2, 0.25) is 5.02 Å². The number of hydrogen-bond acceptors (Lipinski definition) is 4. The minimum absolute atomic E-state index is 0.0319. The third-order valence-corrected chi connectivity index (χ3v) is 4.91. The fraction of sp³-hybridized carbons (Fsp3) is 0.375. The average Bonchev–Trinajstić information content (AvgIpc) is 3.25. The summed E-state index contributed by atoms with van der Waals surface area (Å²) in [6, 6.07) is 7.71. The minimum Gasteiger partial charge on any atom is -0.344 e. The lowest BCUT2D eigenvalue weighted by atomic mass is 10.0. The van der Waals surface area contributed by atoms with E-state index >= 15 is 0 Å². The molecule has 1 aromatic carbocycles. The molecule has 0 saturated heterocycles. The largest absolute Gasteiger partial charge is 0.344 e. The SMILES string of the molecule is NCCc1nc(C(=O)NC(c2ccc(Cl)cc2)C2CC2)cs1. The van der Waals surface area contributed by atoms with E-state index in [-0.39, 0.29) is 11.9 Å². The van der Waals surface area contributed by atoms with Crippen molar-refractivity contribution in [3.8, 4) is 0 Å². The smallest absolute Gasteiger partial charge is 0.271 e. The number of carbonyl (C=O) groups excluding carboxylic acids is 1. The first-order valence-electron chi connectivity index (χ1n) is 7.38. The van der Waals surface area contributed by atoms with E-state index in [9.17, 15) is 4.79 Å². The Morgan fingerprint density at radius 2 is 2.14 bits per heavy atom. The van der Waals surface area contributed by atoms with Gasteiger partial charge in [-0.05, 0) is 43.0 Å². The van der Waals surface area contributed by atoms with Gasteiger partial charge >= 0.3 is 0 Å². The maximum Gasteiger partial charge on any atom is 0.271 e. The van der Waals surface area contributed by atoms with E-state index in [0.29, 0.717) is 29.6 Å². The van der Waals surface area contributed by atoms with Gasteiger partial charge < -0.3 is 11.1 Å². The second-order valence-electron chi connectivity index (χ2n) is 5.51. The third-order valence-electron chi connectivity index (χ3n) is 3.75. The van der Waals surface area contributed by atoms with Crippen LogP contribution in [0.4, 0.5) is 0 Å². The van der Waals surface area contributed by atoms with E-state index < -0.39 is 0 Å². The molecule has 0 bridgehead atoms. The topological polar surface area (TPSA) is 68.0 Å². The second kappa shape index (κ2) is 6.77. The highest BCUT2D eigenvalue weighted by molar-refractivity contribution is 7.09. The first-order chi connectivity index (χ1) is 10.7. The number of benzene rings is 1. The number of nitrogens with one attached hydrogen (secondary N) is 1. The van der Waals surface area contributed by atoms with Crippen molar-refractivity contribution in [2.75, 3.05) is 6.54 Å². The van der Waals surface area contributed by atoms with E-state index in [4.69, 9.17) is 17.3 Å². The van der Waals surface area contributed by atoms with Crippen LogP contribution in [0.25, 0.3) is 0 Å². The molecular formula is C16H18ClN3OS. The Labute approximate surface area is 138 Å². The molecule has 1 aliphatic carbocycles. The highest BCUT2D eigenvalue weighted by Gasteiger charge is 2.33. The van der Waals surface area contributed by atoms with E-state index in [1.807, 2.05) is 24.3 Å². The number of amides is 1. The monoisotopic (exact) mass is 335 g/mol. The van der Waals surface area contributed by atoms with Gasteiger partial charge in [0.1, 0.15) is 5.69 Å². The number of hydrogen-bond donors (Lipinski definition) is 2. The molecule has 116 valence electrons. The summed E-state index contributed by atoms with van der Waals surface area (Å²) >= 11 is 7.42. The van der Waals surface area contributed by atoms with Gasteiger partial charge in [-0.3, -0.25) is 4.79 Å². The molecule has 1 aliphatic rings. The van der Waals surface area contributed by atoms with Crippen LogP contribution < -0.4 is 11.1 Å². The van der Waals surface area contributed by atoms with Crippen molar-refractivity contribution in [3.63, 3.8) is 0 Å². The second-order valence-corrected chi connectivity index (χ2v) is 6.88. The average molecular weight is 336 g/mol. The molecular weight excluding hydrogens is 318 g/mol. The zero-order valence-corrected chi connectivity index (χ0v) is 13.7. The van der Waals surface area contributed by atoms with Crippen LogP contribution in [0, 0.1) is 5.92 Å². The van der Waals surface area contributed by atoms with Crippen molar-refractivity contribution in [1.29, 1.82) is 0 Å². The third kappa shape index (κ3) is 3.66. The Hall–Kier alpha value is -1.43. The number of rotatable bonds is 6. The molecule has 6 heteroatoms. The van der Waals surface area contributed by atoms with Gasteiger partial charge in [0.2, 0.25) is 0 Å². The zero-order chi connectivity index (χ0) is 15.5. The van der Waals surface area contributed by atoms with E-state index in [0.717, 1.165) is 23.4 Å². The molecule has 2 aromatic rings. The Bertz CT molecular complexity index is 652. The predicted molar refractivity (Wildman–Crippen MR) is 89.3 cm³/mol. The van der Waals surface area contributed by atoms with E-state index in [2.05, 4.69) is 10.3 Å². The lowest BCUT2D eigenvalue weighted by Gasteiger charge is -2.18. The zero-order valence-electron chi connectivity index (χ0n) is 12.1. The number of thiazole rings is 1. The van der Waals surface area contributed by atoms with Gasteiger partial charge in [-0.15, -0.1) is 11.3 Å². The van der Waals surface area contributed by atoms with Crippen LogP contribution in [-0.2, 0) is 6.42 Å². The number of carbonyl (C=O) groups is 1. The van der Waals surface area contributed by atoms with Gasteiger partial charge in [0.05, 0.1) is 11.0 Å². The van der Waals surface area contributed by atoms with Crippen molar-refractivity contribution in [2.24, 2.45) is 11.7 Å². The van der Waals surface area contributed by atoms with Gasteiger partial charge in [0.25, 0.3) is 5.91 Å². The summed E-state index contributed by atoms with van der Waals surface area (Å²) in [7, 11) is 0. The van der Waals surface area contributed by atoms with Gasteiger partial charge in [0.15, 0.2) is 0 Å².